The Hall–Kier alpha value is -0.840. The molecule has 1 aliphatic carbocycles. The van der Waals surface area contributed by atoms with E-state index in [0.29, 0.717) is 5.69 Å². The molecule has 1 fully saturated rings. The second kappa shape index (κ2) is 4.80. The van der Waals surface area contributed by atoms with Crippen LogP contribution in [0.4, 0.5) is 0 Å². The first-order valence-corrected chi connectivity index (χ1v) is 7.14. The summed E-state index contributed by atoms with van der Waals surface area (Å²) >= 11 is 3.48. The predicted molar refractivity (Wildman–Crippen MR) is 70.4 cm³/mol. The largest absolute Gasteiger partial charge is 0.344 e. The fourth-order valence-corrected chi connectivity index (χ4v) is 2.81. The summed E-state index contributed by atoms with van der Waals surface area (Å²) in [5.41, 5.74) is 1.57. The molecule has 1 saturated carbocycles. The number of amides is 1. The lowest BCUT2D eigenvalue weighted by Gasteiger charge is -2.41. The van der Waals surface area contributed by atoms with E-state index in [-0.39, 0.29) is 11.4 Å². The average molecular weight is 300 g/mol. The Morgan fingerprint density at radius 1 is 1.65 bits per heavy atom. The molecule has 4 nitrogen and oxygen atoms in total. The third-order valence-electron chi connectivity index (χ3n) is 3.47. The van der Waals surface area contributed by atoms with Crippen molar-refractivity contribution in [2.24, 2.45) is 7.05 Å². The summed E-state index contributed by atoms with van der Waals surface area (Å²) < 4.78 is 1.66. The van der Waals surface area contributed by atoms with Crippen molar-refractivity contribution in [1.29, 1.82) is 0 Å². The minimum Gasteiger partial charge on any atom is -0.344 e. The van der Waals surface area contributed by atoms with E-state index in [0.717, 1.165) is 30.3 Å². The van der Waals surface area contributed by atoms with Gasteiger partial charge < -0.3 is 5.32 Å². The molecule has 0 saturated heterocycles. The number of aryl methyl sites for hydroxylation is 2. The van der Waals surface area contributed by atoms with E-state index in [1.165, 1.54) is 6.42 Å². The molecule has 2 rings (SSSR count). The molecule has 0 bridgehead atoms. The molecule has 94 valence electrons. The standard InChI is InChI=1S/C12H18BrN3O/c1-3-9-7-10(16(2)15-9)11(17)14-12(8-13)5-4-6-12/h7H,3-6,8H2,1-2H3,(H,14,17). The average Bonchev–Trinajstić information content (AvgIpc) is 2.65. The highest BCUT2D eigenvalue weighted by Gasteiger charge is 2.37. The topological polar surface area (TPSA) is 46.9 Å². The number of hydrogen-bond donors (Lipinski definition) is 1. The number of nitrogens with zero attached hydrogens (tertiary/aromatic N) is 2. The van der Waals surface area contributed by atoms with Gasteiger partial charge in [-0.1, -0.05) is 22.9 Å². The van der Waals surface area contributed by atoms with Gasteiger partial charge in [0.15, 0.2) is 0 Å². The van der Waals surface area contributed by atoms with E-state index >= 15 is 0 Å². The van der Waals surface area contributed by atoms with Crippen LogP contribution in [0.5, 0.6) is 0 Å². The van der Waals surface area contributed by atoms with Crippen molar-refractivity contribution in [3.05, 3.63) is 17.5 Å². The van der Waals surface area contributed by atoms with Gasteiger partial charge in [-0.15, -0.1) is 0 Å². The van der Waals surface area contributed by atoms with E-state index in [1.54, 1.807) is 4.68 Å². The zero-order valence-electron chi connectivity index (χ0n) is 10.3. The number of carbonyl (C=O) groups excluding carboxylic acids is 1. The summed E-state index contributed by atoms with van der Waals surface area (Å²) in [6.45, 7) is 2.04. The lowest BCUT2D eigenvalue weighted by molar-refractivity contribution is 0.0846. The van der Waals surface area contributed by atoms with E-state index in [4.69, 9.17) is 0 Å². The van der Waals surface area contributed by atoms with Gasteiger partial charge in [-0.25, -0.2) is 0 Å². The predicted octanol–water partition coefficient (Wildman–Crippen LogP) is 2.03. The first-order chi connectivity index (χ1) is 8.10. The maximum atomic E-state index is 12.2. The van der Waals surface area contributed by atoms with Crippen LogP contribution in [0.15, 0.2) is 6.07 Å². The Morgan fingerprint density at radius 3 is 2.76 bits per heavy atom. The summed E-state index contributed by atoms with van der Waals surface area (Å²) in [6.07, 6.45) is 4.16. The van der Waals surface area contributed by atoms with Gasteiger partial charge in [-0.3, -0.25) is 9.48 Å². The van der Waals surface area contributed by atoms with Crippen LogP contribution >= 0.6 is 15.9 Å². The molecule has 17 heavy (non-hydrogen) atoms. The third kappa shape index (κ3) is 2.39. The smallest absolute Gasteiger partial charge is 0.270 e. The van der Waals surface area contributed by atoms with Gasteiger partial charge in [0.1, 0.15) is 5.69 Å². The molecule has 1 heterocycles. The summed E-state index contributed by atoms with van der Waals surface area (Å²) in [5, 5.41) is 8.25. The lowest BCUT2D eigenvalue weighted by Crippen LogP contribution is -2.55. The second-order valence-corrected chi connectivity index (χ2v) is 5.28. The molecule has 1 N–H and O–H groups in total. The van der Waals surface area contributed by atoms with Crippen molar-refractivity contribution in [2.45, 2.75) is 38.1 Å². The van der Waals surface area contributed by atoms with Crippen molar-refractivity contribution < 1.29 is 4.79 Å². The van der Waals surface area contributed by atoms with Gasteiger partial charge in [0, 0.05) is 12.4 Å². The van der Waals surface area contributed by atoms with Gasteiger partial charge in [-0.2, -0.15) is 5.10 Å². The van der Waals surface area contributed by atoms with E-state index in [2.05, 4.69) is 26.3 Å². The summed E-state index contributed by atoms with van der Waals surface area (Å²) in [4.78, 5) is 12.2. The van der Waals surface area contributed by atoms with Gasteiger partial charge in [0.2, 0.25) is 0 Å². The number of aromatic nitrogens is 2. The Labute approximate surface area is 110 Å². The van der Waals surface area contributed by atoms with Crippen LogP contribution in [0, 0.1) is 0 Å². The zero-order valence-corrected chi connectivity index (χ0v) is 11.9. The molecule has 0 atom stereocenters. The third-order valence-corrected chi connectivity index (χ3v) is 4.54. The van der Waals surface area contributed by atoms with Gasteiger partial charge in [0.25, 0.3) is 5.91 Å². The van der Waals surface area contributed by atoms with Crippen LogP contribution in [0.3, 0.4) is 0 Å². The van der Waals surface area contributed by atoms with Crippen molar-refractivity contribution in [1.82, 2.24) is 15.1 Å². The molecule has 0 unspecified atom stereocenters. The fourth-order valence-electron chi connectivity index (χ4n) is 2.11. The molecule has 1 aromatic heterocycles. The molecular formula is C12H18BrN3O. The first kappa shape index (κ1) is 12.6. The Kier molecular flexibility index (Phi) is 3.56. The fraction of sp³-hybridized carbons (Fsp3) is 0.667. The molecule has 5 heteroatoms. The minimum atomic E-state index is -0.0340. The van der Waals surface area contributed by atoms with Gasteiger partial charge in [-0.05, 0) is 31.7 Å². The van der Waals surface area contributed by atoms with Gasteiger partial charge in [0.05, 0.1) is 11.2 Å². The first-order valence-electron chi connectivity index (χ1n) is 6.01. The number of carbonyl (C=O) groups is 1. The number of rotatable bonds is 4. The Bertz CT molecular complexity index is 418. The SMILES string of the molecule is CCc1cc(C(=O)NC2(CBr)CCC2)n(C)n1. The van der Waals surface area contributed by atoms with Crippen LogP contribution in [0.25, 0.3) is 0 Å². The monoisotopic (exact) mass is 299 g/mol. The highest BCUT2D eigenvalue weighted by atomic mass is 79.9. The van der Waals surface area contributed by atoms with E-state index in [9.17, 15) is 4.79 Å². The maximum absolute atomic E-state index is 12.2. The highest BCUT2D eigenvalue weighted by Crippen LogP contribution is 2.33. The molecule has 0 aromatic carbocycles. The molecule has 0 radical (unpaired) electrons. The summed E-state index contributed by atoms with van der Waals surface area (Å²) in [5.74, 6) is -0.0150. The second-order valence-electron chi connectivity index (χ2n) is 4.72. The van der Waals surface area contributed by atoms with Crippen molar-refractivity contribution >= 4 is 21.8 Å². The van der Waals surface area contributed by atoms with Crippen LogP contribution < -0.4 is 5.32 Å². The van der Waals surface area contributed by atoms with E-state index < -0.39 is 0 Å². The number of halogens is 1. The van der Waals surface area contributed by atoms with Crippen molar-refractivity contribution in [3.63, 3.8) is 0 Å². The van der Waals surface area contributed by atoms with Crippen LogP contribution in [0.2, 0.25) is 0 Å². The molecule has 0 aliphatic heterocycles. The Morgan fingerprint density at radius 2 is 2.35 bits per heavy atom. The maximum Gasteiger partial charge on any atom is 0.270 e. The number of nitrogens with one attached hydrogen (secondary N) is 1. The Balaban J connectivity index is 2.11. The van der Waals surface area contributed by atoms with E-state index in [1.807, 2.05) is 20.0 Å². The van der Waals surface area contributed by atoms with Crippen molar-refractivity contribution in [3.8, 4) is 0 Å². The summed E-state index contributed by atoms with van der Waals surface area (Å²) in [7, 11) is 1.82. The van der Waals surface area contributed by atoms with Gasteiger partial charge >= 0.3 is 0 Å². The van der Waals surface area contributed by atoms with Crippen LogP contribution in [-0.2, 0) is 13.5 Å². The molecule has 1 aromatic rings. The lowest BCUT2D eigenvalue weighted by atomic mass is 9.78. The highest BCUT2D eigenvalue weighted by molar-refractivity contribution is 9.09. The molecule has 1 amide bonds. The van der Waals surface area contributed by atoms with Crippen LogP contribution in [-0.4, -0.2) is 26.6 Å². The van der Waals surface area contributed by atoms with Crippen LogP contribution in [0.1, 0.15) is 42.4 Å². The van der Waals surface area contributed by atoms with Crippen molar-refractivity contribution in [2.75, 3.05) is 5.33 Å². The zero-order chi connectivity index (χ0) is 12.5. The summed E-state index contributed by atoms with van der Waals surface area (Å²) in [6, 6.07) is 1.87. The molecular weight excluding hydrogens is 282 g/mol. The number of alkyl halides is 1. The number of hydrogen-bond acceptors (Lipinski definition) is 2. The normalized spacial score (nSPS) is 17.6. The quantitative estimate of drug-likeness (QED) is 0.865. The molecule has 1 aliphatic rings. The molecule has 0 spiro atoms. The minimum absolute atomic E-state index is 0.0150.